The Bertz CT molecular complexity index is 213. The lowest BCUT2D eigenvalue weighted by atomic mass is 10.3. The summed E-state index contributed by atoms with van der Waals surface area (Å²) in [7, 11) is 0. The number of esters is 1. The van der Waals surface area contributed by atoms with Crippen LogP contribution in [0.4, 0.5) is 0 Å². The summed E-state index contributed by atoms with van der Waals surface area (Å²) in [6, 6.07) is 0. The second-order valence-corrected chi connectivity index (χ2v) is 6.35. The zero-order chi connectivity index (χ0) is 11.4. The molecule has 2 nitrogen and oxygen atoms in total. The van der Waals surface area contributed by atoms with Gasteiger partial charge in [-0.15, -0.1) is 6.58 Å². The Kier molecular flexibility index (Phi) is 6.46. The molecule has 2 atom stereocenters. The minimum Gasteiger partial charge on any atom is -0.457 e. The number of halogens is 4. The van der Waals surface area contributed by atoms with Crippen LogP contribution >= 0.6 is 50.7 Å². The van der Waals surface area contributed by atoms with Gasteiger partial charge in [-0.3, -0.25) is 4.79 Å². The van der Waals surface area contributed by atoms with E-state index < -0.39 is 20.7 Å². The van der Waals surface area contributed by atoms with E-state index in [0.29, 0.717) is 6.42 Å². The van der Waals surface area contributed by atoms with Crippen LogP contribution in [0.15, 0.2) is 12.7 Å². The fraction of sp³-hybridized carbons (Fsp3) is 0.625. The maximum Gasteiger partial charge on any atom is 0.319 e. The van der Waals surface area contributed by atoms with Crippen LogP contribution in [-0.2, 0) is 9.53 Å². The Morgan fingerprint density at radius 2 is 2.14 bits per heavy atom. The second-order valence-electron chi connectivity index (χ2n) is 2.61. The van der Waals surface area contributed by atoms with Crippen molar-refractivity contribution in [3.05, 3.63) is 12.7 Å². The number of carbonyl (C=O) groups excluding carboxylic acids is 1. The van der Waals surface area contributed by atoms with Crippen LogP contribution in [0.1, 0.15) is 13.3 Å². The molecule has 0 aliphatic rings. The maximum absolute atomic E-state index is 11.2. The van der Waals surface area contributed by atoms with Crippen LogP contribution in [0.25, 0.3) is 0 Å². The van der Waals surface area contributed by atoms with Crippen LogP contribution in [0.3, 0.4) is 0 Å². The Balaban J connectivity index is 4.38. The minimum atomic E-state index is -1.63. The van der Waals surface area contributed by atoms with Crippen LogP contribution in [0.2, 0.25) is 0 Å². The van der Waals surface area contributed by atoms with Gasteiger partial charge < -0.3 is 4.74 Å². The molecule has 0 spiro atoms. The molecular formula is C8H10BrCl3O2. The number of ether oxygens (including phenoxy) is 1. The Labute approximate surface area is 107 Å². The molecule has 0 fully saturated rings. The molecule has 0 aromatic carbocycles. The van der Waals surface area contributed by atoms with Crippen molar-refractivity contribution in [1.29, 1.82) is 0 Å². The molecule has 0 rings (SSSR count). The Morgan fingerprint density at radius 1 is 1.64 bits per heavy atom. The van der Waals surface area contributed by atoms with E-state index in [1.54, 1.807) is 6.92 Å². The molecule has 82 valence electrons. The predicted molar refractivity (Wildman–Crippen MR) is 63.4 cm³/mol. The van der Waals surface area contributed by atoms with Crippen molar-refractivity contribution in [3.8, 4) is 0 Å². The van der Waals surface area contributed by atoms with E-state index in [-0.39, 0.29) is 0 Å². The number of hydrogen-bond acceptors (Lipinski definition) is 2. The summed E-state index contributed by atoms with van der Waals surface area (Å²) in [5.41, 5.74) is 0. The van der Waals surface area contributed by atoms with Crippen molar-refractivity contribution >= 4 is 56.7 Å². The fourth-order valence-corrected chi connectivity index (χ4v) is 1.14. The SMILES string of the molecule is C=CC[C@@H](OC(=O)[C@@H](C)Br)C(Cl)(Cl)Cl. The van der Waals surface area contributed by atoms with Gasteiger partial charge in [0.2, 0.25) is 3.79 Å². The molecule has 0 radical (unpaired) electrons. The van der Waals surface area contributed by atoms with Gasteiger partial charge >= 0.3 is 5.97 Å². The standard InChI is InChI=1S/C8H10BrCl3O2/c1-3-4-6(8(10,11)12)14-7(13)5(2)9/h3,5-6H,1,4H2,2H3/t5-,6-/m1/s1. The topological polar surface area (TPSA) is 26.3 Å². The fourth-order valence-electron chi connectivity index (χ4n) is 0.634. The highest BCUT2D eigenvalue weighted by Crippen LogP contribution is 2.34. The van der Waals surface area contributed by atoms with E-state index in [0.717, 1.165) is 0 Å². The summed E-state index contributed by atoms with van der Waals surface area (Å²) in [6.45, 7) is 5.12. The van der Waals surface area contributed by atoms with E-state index in [1.807, 2.05) is 0 Å². The van der Waals surface area contributed by atoms with E-state index in [4.69, 9.17) is 39.5 Å². The molecule has 0 bridgehead atoms. The molecule has 6 heteroatoms. The zero-order valence-corrected chi connectivity index (χ0v) is 11.3. The summed E-state index contributed by atoms with van der Waals surface area (Å²) in [5, 5.41) is 0. The molecule has 0 aromatic heterocycles. The molecule has 0 N–H and O–H groups in total. The van der Waals surface area contributed by atoms with Gasteiger partial charge in [-0.05, 0) is 6.92 Å². The Morgan fingerprint density at radius 3 is 2.43 bits per heavy atom. The number of alkyl halides is 4. The summed E-state index contributed by atoms with van der Waals surface area (Å²) in [5.74, 6) is -0.469. The summed E-state index contributed by atoms with van der Waals surface area (Å²) in [6.07, 6.45) is 1.01. The molecule has 0 heterocycles. The summed E-state index contributed by atoms with van der Waals surface area (Å²) >= 11 is 19.9. The van der Waals surface area contributed by atoms with Gasteiger partial charge in [0, 0.05) is 6.42 Å². The van der Waals surface area contributed by atoms with Gasteiger partial charge in [0.1, 0.15) is 4.83 Å². The zero-order valence-electron chi connectivity index (χ0n) is 7.47. The molecule has 0 aromatic rings. The van der Waals surface area contributed by atoms with Gasteiger partial charge in [-0.2, -0.15) is 0 Å². The van der Waals surface area contributed by atoms with Gasteiger partial charge in [0.05, 0.1) is 0 Å². The lowest BCUT2D eigenvalue weighted by molar-refractivity contribution is -0.147. The highest BCUT2D eigenvalue weighted by atomic mass is 79.9. The van der Waals surface area contributed by atoms with Crippen LogP contribution in [0, 0.1) is 0 Å². The van der Waals surface area contributed by atoms with Gasteiger partial charge in [0.25, 0.3) is 0 Å². The molecular weight excluding hydrogens is 314 g/mol. The normalized spacial score (nSPS) is 15.8. The van der Waals surface area contributed by atoms with E-state index in [2.05, 4.69) is 22.5 Å². The minimum absolute atomic E-state index is 0.294. The van der Waals surface area contributed by atoms with Crippen LogP contribution in [0.5, 0.6) is 0 Å². The molecule has 0 saturated carbocycles. The van der Waals surface area contributed by atoms with E-state index >= 15 is 0 Å². The van der Waals surface area contributed by atoms with Crippen molar-refractivity contribution in [2.45, 2.75) is 28.1 Å². The second kappa shape index (κ2) is 6.21. The van der Waals surface area contributed by atoms with Gasteiger partial charge in [-0.1, -0.05) is 56.8 Å². The third kappa shape index (κ3) is 5.44. The van der Waals surface area contributed by atoms with Gasteiger partial charge in [0.15, 0.2) is 6.10 Å². The third-order valence-corrected chi connectivity index (χ3v) is 2.43. The monoisotopic (exact) mass is 322 g/mol. The third-order valence-electron chi connectivity index (χ3n) is 1.33. The van der Waals surface area contributed by atoms with Crippen molar-refractivity contribution in [1.82, 2.24) is 0 Å². The average molecular weight is 324 g/mol. The number of rotatable bonds is 4. The summed E-state index contributed by atoms with van der Waals surface area (Å²) < 4.78 is 3.33. The van der Waals surface area contributed by atoms with Crippen molar-refractivity contribution < 1.29 is 9.53 Å². The molecule has 0 amide bonds. The Hall–Kier alpha value is 0.560. The average Bonchev–Trinajstić information content (AvgIpc) is 2.01. The van der Waals surface area contributed by atoms with Crippen LogP contribution in [-0.4, -0.2) is 20.7 Å². The molecule has 0 aliphatic heterocycles. The first-order valence-corrected chi connectivity index (χ1v) is 5.86. The largest absolute Gasteiger partial charge is 0.457 e. The highest BCUT2D eigenvalue weighted by molar-refractivity contribution is 9.10. The van der Waals surface area contributed by atoms with Crippen LogP contribution < -0.4 is 0 Å². The first kappa shape index (κ1) is 14.6. The molecule has 14 heavy (non-hydrogen) atoms. The van der Waals surface area contributed by atoms with E-state index in [9.17, 15) is 4.79 Å². The number of carbonyl (C=O) groups is 1. The smallest absolute Gasteiger partial charge is 0.319 e. The first-order chi connectivity index (χ1) is 6.29. The first-order valence-electron chi connectivity index (χ1n) is 3.81. The molecule has 0 aliphatic carbocycles. The van der Waals surface area contributed by atoms with E-state index in [1.165, 1.54) is 6.08 Å². The lowest BCUT2D eigenvalue weighted by Gasteiger charge is -2.23. The van der Waals surface area contributed by atoms with Crippen molar-refractivity contribution in [3.63, 3.8) is 0 Å². The maximum atomic E-state index is 11.2. The molecule has 0 saturated heterocycles. The van der Waals surface area contributed by atoms with Crippen molar-refractivity contribution in [2.75, 3.05) is 0 Å². The highest BCUT2D eigenvalue weighted by Gasteiger charge is 2.35. The number of hydrogen-bond donors (Lipinski definition) is 0. The molecule has 0 unspecified atom stereocenters. The predicted octanol–water partition coefficient (Wildman–Crippen LogP) is 3.63. The van der Waals surface area contributed by atoms with Gasteiger partial charge in [-0.25, -0.2) is 0 Å². The van der Waals surface area contributed by atoms with Crippen molar-refractivity contribution in [2.24, 2.45) is 0 Å². The lowest BCUT2D eigenvalue weighted by Crippen LogP contribution is -2.32. The summed E-state index contributed by atoms with van der Waals surface area (Å²) in [4.78, 5) is 10.8. The quantitative estimate of drug-likeness (QED) is 0.448.